The van der Waals surface area contributed by atoms with Crippen LogP contribution in [0.25, 0.3) is 11.0 Å². The molecule has 0 saturated carbocycles. The number of nitrogens with one attached hydrogen (secondary N) is 1. The quantitative estimate of drug-likeness (QED) is 0.722. The summed E-state index contributed by atoms with van der Waals surface area (Å²) in [5.74, 6) is 0.243. The molecule has 2 heterocycles. The van der Waals surface area contributed by atoms with Crippen molar-refractivity contribution in [3.63, 3.8) is 0 Å². The highest BCUT2D eigenvalue weighted by molar-refractivity contribution is 5.85. The van der Waals surface area contributed by atoms with E-state index in [9.17, 15) is 9.90 Å². The Labute approximate surface area is 155 Å². The third-order valence-corrected chi connectivity index (χ3v) is 5.37. The highest BCUT2D eigenvalue weighted by Gasteiger charge is 2.27. The van der Waals surface area contributed by atoms with Crippen molar-refractivity contribution in [1.29, 1.82) is 0 Å². The second-order valence-corrected chi connectivity index (χ2v) is 6.97. The van der Waals surface area contributed by atoms with Crippen molar-refractivity contribution < 1.29 is 26.8 Å². The van der Waals surface area contributed by atoms with Crippen LogP contribution in [0.1, 0.15) is 57.1 Å². The van der Waals surface area contributed by atoms with Crippen LogP contribution >= 0.6 is 0 Å². The molecule has 2 unspecified atom stereocenters. The highest BCUT2D eigenvalue weighted by Crippen LogP contribution is 2.28. The van der Waals surface area contributed by atoms with E-state index in [0.29, 0.717) is 11.6 Å². The SMILES string of the molecule is CCCc1cc(=O)oc2c(C[NH+]3CCCCC3CC)c(O)ccc12.[Cl-]. The first kappa shape index (κ1) is 19.8. The Kier molecular flexibility index (Phi) is 6.91. The van der Waals surface area contributed by atoms with Crippen LogP contribution < -0.4 is 22.9 Å². The molecule has 1 fully saturated rings. The minimum atomic E-state index is -0.321. The largest absolute Gasteiger partial charge is 1.00 e. The summed E-state index contributed by atoms with van der Waals surface area (Å²) in [6.07, 6.45) is 6.72. The van der Waals surface area contributed by atoms with Gasteiger partial charge in [-0.1, -0.05) is 20.3 Å². The summed E-state index contributed by atoms with van der Waals surface area (Å²) in [5.41, 5.74) is 2.07. The Morgan fingerprint density at radius 3 is 2.80 bits per heavy atom. The molecule has 2 atom stereocenters. The molecule has 1 saturated heterocycles. The van der Waals surface area contributed by atoms with Crippen molar-refractivity contribution in [3.05, 3.63) is 39.7 Å². The van der Waals surface area contributed by atoms with Gasteiger partial charge in [0.15, 0.2) is 5.58 Å². The molecule has 0 spiro atoms. The summed E-state index contributed by atoms with van der Waals surface area (Å²) in [4.78, 5) is 13.5. The third kappa shape index (κ3) is 4.18. The summed E-state index contributed by atoms with van der Waals surface area (Å²) < 4.78 is 5.54. The number of aryl methyl sites for hydroxylation is 1. The lowest BCUT2D eigenvalue weighted by atomic mass is 9.97. The van der Waals surface area contributed by atoms with E-state index in [4.69, 9.17) is 4.42 Å². The first-order chi connectivity index (χ1) is 11.6. The number of quaternary nitrogens is 1. The molecule has 1 aliphatic heterocycles. The van der Waals surface area contributed by atoms with Gasteiger partial charge in [-0.25, -0.2) is 4.79 Å². The Hall–Kier alpha value is -1.52. The third-order valence-electron chi connectivity index (χ3n) is 5.37. The Balaban J connectivity index is 0.00000225. The van der Waals surface area contributed by atoms with Gasteiger partial charge in [0.1, 0.15) is 12.3 Å². The maximum Gasteiger partial charge on any atom is 0.336 e. The van der Waals surface area contributed by atoms with Crippen LogP contribution in [-0.2, 0) is 13.0 Å². The van der Waals surface area contributed by atoms with Gasteiger partial charge >= 0.3 is 5.63 Å². The Morgan fingerprint density at radius 1 is 1.28 bits per heavy atom. The molecule has 4 nitrogen and oxygen atoms in total. The van der Waals surface area contributed by atoms with E-state index in [-0.39, 0.29) is 23.8 Å². The van der Waals surface area contributed by atoms with E-state index in [2.05, 4.69) is 13.8 Å². The van der Waals surface area contributed by atoms with E-state index in [1.54, 1.807) is 12.1 Å². The standard InChI is InChI=1S/C20H27NO3.ClH/c1-3-7-14-12-19(23)24-20-16(14)9-10-18(22)17(20)13-21-11-6-5-8-15(21)4-2;/h9-10,12,15,22H,3-8,11,13H2,1-2H3;1H. The number of hydrogen-bond donors (Lipinski definition) is 2. The van der Waals surface area contributed by atoms with Gasteiger partial charge in [-0.3, -0.25) is 0 Å². The van der Waals surface area contributed by atoms with Crippen LogP contribution in [0.2, 0.25) is 0 Å². The molecule has 1 aromatic heterocycles. The average molecular weight is 366 g/mol. The molecule has 0 bridgehead atoms. The van der Waals surface area contributed by atoms with E-state index in [1.807, 2.05) is 6.07 Å². The summed E-state index contributed by atoms with van der Waals surface area (Å²) in [5, 5.41) is 11.4. The van der Waals surface area contributed by atoms with Crippen molar-refractivity contribution in [3.8, 4) is 5.75 Å². The predicted octanol–water partition coefficient (Wildman–Crippen LogP) is -0.197. The maximum absolute atomic E-state index is 12.0. The van der Waals surface area contributed by atoms with Gasteiger partial charge in [-0.05, 0) is 49.8 Å². The topological polar surface area (TPSA) is 54.9 Å². The molecule has 25 heavy (non-hydrogen) atoms. The van der Waals surface area contributed by atoms with Crippen molar-refractivity contribution in [1.82, 2.24) is 0 Å². The van der Waals surface area contributed by atoms with Gasteiger partial charge in [-0.2, -0.15) is 0 Å². The van der Waals surface area contributed by atoms with Gasteiger partial charge in [-0.15, -0.1) is 0 Å². The molecule has 138 valence electrons. The molecular formula is C20H28ClNO3. The van der Waals surface area contributed by atoms with Gasteiger partial charge in [0.2, 0.25) is 0 Å². The number of fused-ring (bicyclic) bond motifs is 1. The van der Waals surface area contributed by atoms with Crippen molar-refractivity contribution in [2.75, 3.05) is 6.54 Å². The number of likely N-dealkylation sites (tertiary alicyclic amines) is 1. The van der Waals surface area contributed by atoms with E-state index in [0.717, 1.165) is 48.9 Å². The van der Waals surface area contributed by atoms with Crippen LogP contribution in [0.3, 0.4) is 0 Å². The van der Waals surface area contributed by atoms with Crippen LogP contribution in [0.4, 0.5) is 0 Å². The highest BCUT2D eigenvalue weighted by atomic mass is 35.5. The zero-order chi connectivity index (χ0) is 17.1. The molecule has 3 rings (SSSR count). The van der Waals surface area contributed by atoms with Gasteiger partial charge in [0.25, 0.3) is 0 Å². The van der Waals surface area contributed by atoms with E-state index in [1.165, 1.54) is 24.2 Å². The van der Waals surface area contributed by atoms with E-state index >= 15 is 0 Å². The van der Waals surface area contributed by atoms with Crippen LogP contribution in [0.15, 0.2) is 27.4 Å². The number of piperidine rings is 1. The maximum atomic E-state index is 12.0. The lowest BCUT2D eigenvalue weighted by Gasteiger charge is -2.32. The Morgan fingerprint density at radius 2 is 2.08 bits per heavy atom. The number of halogens is 1. The van der Waals surface area contributed by atoms with Crippen LogP contribution in [0.5, 0.6) is 5.75 Å². The fourth-order valence-corrected chi connectivity index (χ4v) is 4.09. The van der Waals surface area contributed by atoms with Crippen molar-refractivity contribution >= 4 is 11.0 Å². The summed E-state index contributed by atoms with van der Waals surface area (Å²) in [7, 11) is 0. The minimum absolute atomic E-state index is 0. The van der Waals surface area contributed by atoms with Gasteiger partial charge in [0, 0.05) is 11.5 Å². The predicted molar refractivity (Wildman–Crippen MR) is 95.6 cm³/mol. The molecular weight excluding hydrogens is 338 g/mol. The lowest BCUT2D eigenvalue weighted by molar-refractivity contribution is -0.944. The fourth-order valence-electron chi connectivity index (χ4n) is 4.09. The first-order valence-electron chi connectivity index (χ1n) is 9.26. The number of benzene rings is 1. The normalized spacial score (nSPS) is 20.4. The molecule has 5 heteroatoms. The van der Waals surface area contributed by atoms with Crippen molar-refractivity contribution in [2.24, 2.45) is 0 Å². The molecule has 0 amide bonds. The number of phenols is 1. The van der Waals surface area contributed by atoms with Crippen LogP contribution in [0, 0.1) is 0 Å². The Bertz CT molecular complexity index is 771. The fraction of sp³-hybridized carbons (Fsp3) is 0.550. The smallest absolute Gasteiger partial charge is 0.336 e. The van der Waals surface area contributed by atoms with Crippen molar-refractivity contribution in [2.45, 2.75) is 65.0 Å². The monoisotopic (exact) mass is 365 g/mol. The van der Waals surface area contributed by atoms with Gasteiger partial charge in [0.05, 0.1) is 18.2 Å². The van der Waals surface area contributed by atoms with Crippen LogP contribution in [-0.4, -0.2) is 17.7 Å². The van der Waals surface area contributed by atoms with E-state index < -0.39 is 0 Å². The zero-order valence-corrected chi connectivity index (χ0v) is 15.9. The number of hydrogen-bond acceptors (Lipinski definition) is 3. The number of phenolic OH excluding ortho intramolecular Hbond substituents is 1. The summed E-state index contributed by atoms with van der Waals surface area (Å²) in [6, 6.07) is 5.85. The lowest BCUT2D eigenvalue weighted by Crippen LogP contribution is -3.15. The molecule has 2 N–H and O–H groups in total. The molecule has 1 aromatic carbocycles. The van der Waals surface area contributed by atoms with Gasteiger partial charge < -0.3 is 26.8 Å². The number of aromatic hydroxyl groups is 1. The zero-order valence-electron chi connectivity index (χ0n) is 15.1. The summed E-state index contributed by atoms with van der Waals surface area (Å²) in [6.45, 7) is 6.18. The number of rotatable bonds is 5. The molecule has 0 aliphatic carbocycles. The summed E-state index contributed by atoms with van der Waals surface area (Å²) >= 11 is 0. The average Bonchev–Trinajstić information content (AvgIpc) is 2.58. The second kappa shape index (κ2) is 8.72. The minimum Gasteiger partial charge on any atom is -1.00 e. The molecule has 2 aromatic rings. The molecule has 1 aliphatic rings. The first-order valence-corrected chi connectivity index (χ1v) is 9.26. The second-order valence-electron chi connectivity index (χ2n) is 6.97. The molecule has 0 radical (unpaired) electrons.